The molecular weight excluding hydrogens is 522 g/mol. The van der Waals surface area contributed by atoms with Crippen LogP contribution < -0.4 is 21.1 Å². The molecule has 2 aromatic carbocycles. The Hall–Kier alpha value is -4.75. The van der Waals surface area contributed by atoms with E-state index in [0.29, 0.717) is 31.0 Å². The molecule has 1 aliphatic rings. The summed E-state index contributed by atoms with van der Waals surface area (Å²) in [6.45, 7) is 6.78. The van der Waals surface area contributed by atoms with Gasteiger partial charge in [0.15, 0.2) is 11.5 Å². The molecule has 0 bridgehead atoms. The van der Waals surface area contributed by atoms with Crippen LogP contribution in [0.3, 0.4) is 0 Å². The SMILES string of the molecule is C=CC(=O)Nc1cccc(-n2cnc(=O)c3cnc(Nc4ccc(N5CCN(CCO)CC5)c(F)c4)nc32)c1F. The lowest BCUT2D eigenvalue weighted by Crippen LogP contribution is -2.47. The van der Waals surface area contributed by atoms with E-state index >= 15 is 8.78 Å². The van der Waals surface area contributed by atoms with E-state index in [1.54, 1.807) is 12.1 Å². The second-order valence-corrected chi connectivity index (χ2v) is 9.03. The molecule has 0 atom stereocenters. The Morgan fingerprint density at radius 2 is 1.90 bits per heavy atom. The Morgan fingerprint density at radius 1 is 1.10 bits per heavy atom. The first-order valence-electron chi connectivity index (χ1n) is 12.5. The van der Waals surface area contributed by atoms with Crippen LogP contribution >= 0.6 is 0 Å². The fraction of sp³-hybridized carbons (Fsp3) is 0.222. The highest BCUT2D eigenvalue weighted by Gasteiger charge is 2.20. The van der Waals surface area contributed by atoms with Gasteiger partial charge in [0.1, 0.15) is 17.5 Å². The Bertz CT molecular complexity index is 1640. The van der Waals surface area contributed by atoms with Crippen molar-refractivity contribution in [1.82, 2.24) is 24.4 Å². The van der Waals surface area contributed by atoms with Gasteiger partial charge in [0, 0.05) is 44.6 Å². The van der Waals surface area contributed by atoms with Crippen molar-refractivity contribution >= 4 is 40.0 Å². The van der Waals surface area contributed by atoms with Crippen LogP contribution in [-0.4, -0.2) is 74.8 Å². The Morgan fingerprint density at radius 3 is 2.62 bits per heavy atom. The molecule has 11 nitrogen and oxygen atoms in total. The molecule has 0 aliphatic carbocycles. The number of amides is 1. The van der Waals surface area contributed by atoms with Crippen LogP contribution in [0.15, 0.2) is 66.4 Å². The first kappa shape index (κ1) is 26.8. The predicted octanol–water partition coefficient (Wildman–Crippen LogP) is 2.44. The molecule has 206 valence electrons. The lowest BCUT2D eigenvalue weighted by Gasteiger charge is -2.36. The summed E-state index contributed by atoms with van der Waals surface area (Å²) in [5.41, 5.74) is 0.186. The standard InChI is InChI=1S/C27H26F2N8O3/c1-2-23(39)33-20-4-3-5-22(24(20)29)37-16-31-26(40)18-15-30-27(34-25(18)37)32-17-6-7-21(19(28)14-17)36-10-8-35(9-11-36)12-13-38/h2-7,14-16,38H,1,8-13H2,(H,33,39)(H,30,32,34). The first-order chi connectivity index (χ1) is 19.4. The van der Waals surface area contributed by atoms with E-state index < -0.39 is 23.1 Å². The normalized spacial score (nSPS) is 13.8. The van der Waals surface area contributed by atoms with Crippen LogP contribution in [0.1, 0.15) is 0 Å². The molecule has 1 amide bonds. The minimum Gasteiger partial charge on any atom is -0.395 e. The summed E-state index contributed by atoms with van der Waals surface area (Å²) in [6.07, 6.45) is 3.41. The Labute approximate surface area is 227 Å². The van der Waals surface area contributed by atoms with Gasteiger partial charge >= 0.3 is 0 Å². The monoisotopic (exact) mass is 548 g/mol. The van der Waals surface area contributed by atoms with Gasteiger partial charge in [-0.05, 0) is 36.4 Å². The van der Waals surface area contributed by atoms with Crippen LogP contribution in [0.5, 0.6) is 0 Å². The number of halogens is 2. The van der Waals surface area contributed by atoms with Gasteiger partial charge in [-0.1, -0.05) is 12.6 Å². The van der Waals surface area contributed by atoms with Gasteiger partial charge in [0.05, 0.1) is 23.7 Å². The van der Waals surface area contributed by atoms with Crippen LogP contribution in [-0.2, 0) is 4.79 Å². The molecular formula is C27H26F2N8O3. The summed E-state index contributed by atoms with van der Waals surface area (Å²) in [4.78, 5) is 40.5. The Balaban J connectivity index is 1.43. The van der Waals surface area contributed by atoms with Gasteiger partial charge in [-0.15, -0.1) is 0 Å². The number of aliphatic hydroxyl groups excluding tert-OH is 1. The molecule has 13 heteroatoms. The first-order valence-corrected chi connectivity index (χ1v) is 12.5. The molecule has 1 saturated heterocycles. The molecule has 0 saturated carbocycles. The van der Waals surface area contributed by atoms with Crippen molar-refractivity contribution in [1.29, 1.82) is 0 Å². The van der Waals surface area contributed by atoms with Gasteiger partial charge in [0.25, 0.3) is 5.56 Å². The summed E-state index contributed by atoms with van der Waals surface area (Å²) in [5, 5.41) is 14.5. The third kappa shape index (κ3) is 5.51. The maximum absolute atomic E-state index is 15.3. The number of carbonyl (C=O) groups is 1. The van der Waals surface area contributed by atoms with Crippen LogP contribution in [0.4, 0.5) is 31.8 Å². The topological polar surface area (TPSA) is 129 Å². The van der Waals surface area contributed by atoms with Gasteiger partial charge in [-0.25, -0.2) is 13.8 Å². The third-order valence-corrected chi connectivity index (χ3v) is 6.53. The van der Waals surface area contributed by atoms with Gasteiger partial charge in [-0.3, -0.25) is 19.1 Å². The van der Waals surface area contributed by atoms with Crippen molar-refractivity contribution < 1.29 is 18.7 Å². The summed E-state index contributed by atoms with van der Waals surface area (Å²) in [7, 11) is 0. The predicted molar refractivity (Wildman–Crippen MR) is 147 cm³/mol. The summed E-state index contributed by atoms with van der Waals surface area (Å²) < 4.78 is 31.7. The molecule has 1 aliphatic heterocycles. The number of aromatic nitrogens is 4. The lowest BCUT2D eigenvalue weighted by atomic mass is 10.2. The molecule has 40 heavy (non-hydrogen) atoms. The molecule has 1 fully saturated rings. The molecule has 3 N–H and O–H groups in total. The number of aliphatic hydroxyl groups is 1. The van der Waals surface area contributed by atoms with Crippen molar-refractivity contribution in [3.05, 3.63) is 83.6 Å². The number of nitrogens with one attached hydrogen (secondary N) is 2. The minimum atomic E-state index is -0.771. The van der Waals surface area contributed by atoms with E-state index in [2.05, 4.69) is 37.1 Å². The quantitative estimate of drug-likeness (QED) is 0.285. The number of β-amino-alcohol motifs (C(OH)–C–C–N with tert-alkyl or cyclic N) is 1. The summed E-state index contributed by atoms with van der Waals surface area (Å²) in [6, 6.07) is 9.03. The zero-order valence-electron chi connectivity index (χ0n) is 21.3. The fourth-order valence-electron chi connectivity index (χ4n) is 4.49. The second kappa shape index (κ2) is 11.6. The number of carbonyl (C=O) groups excluding carboxylic acids is 1. The summed E-state index contributed by atoms with van der Waals surface area (Å²) in [5.74, 6) is -1.74. The maximum Gasteiger partial charge on any atom is 0.283 e. The fourth-order valence-corrected chi connectivity index (χ4v) is 4.49. The smallest absolute Gasteiger partial charge is 0.283 e. The molecule has 2 aromatic heterocycles. The molecule has 0 spiro atoms. The van der Waals surface area contributed by atoms with E-state index in [4.69, 9.17) is 5.11 Å². The van der Waals surface area contributed by atoms with E-state index in [1.165, 1.54) is 35.0 Å². The molecule has 3 heterocycles. The Kier molecular flexibility index (Phi) is 7.75. The number of anilines is 4. The highest BCUT2D eigenvalue weighted by atomic mass is 19.1. The number of fused-ring (bicyclic) bond motifs is 1. The minimum absolute atomic E-state index is 0.0153. The number of hydrogen-bond donors (Lipinski definition) is 3. The number of rotatable bonds is 8. The van der Waals surface area contributed by atoms with Crippen molar-refractivity contribution in [3.8, 4) is 5.69 Å². The summed E-state index contributed by atoms with van der Waals surface area (Å²) >= 11 is 0. The van der Waals surface area contributed by atoms with E-state index in [1.807, 2.05) is 4.90 Å². The molecule has 5 rings (SSSR count). The van der Waals surface area contributed by atoms with Crippen molar-refractivity contribution in [2.45, 2.75) is 0 Å². The van der Waals surface area contributed by atoms with Crippen molar-refractivity contribution in [2.24, 2.45) is 0 Å². The average molecular weight is 549 g/mol. The molecule has 0 radical (unpaired) electrons. The van der Waals surface area contributed by atoms with E-state index in [-0.39, 0.29) is 35.0 Å². The number of nitrogens with zero attached hydrogens (tertiary/aromatic N) is 6. The zero-order chi connectivity index (χ0) is 28.2. The zero-order valence-corrected chi connectivity index (χ0v) is 21.3. The van der Waals surface area contributed by atoms with Crippen LogP contribution in [0, 0.1) is 11.6 Å². The van der Waals surface area contributed by atoms with Gasteiger partial charge in [0.2, 0.25) is 11.9 Å². The highest BCUT2D eigenvalue weighted by Crippen LogP contribution is 2.27. The van der Waals surface area contributed by atoms with E-state index in [0.717, 1.165) is 25.5 Å². The number of hydrogen-bond acceptors (Lipinski definition) is 9. The molecule has 4 aromatic rings. The van der Waals surface area contributed by atoms with Gasteiger partial charge in [-0.2, -0.15) is 9.97 Å². The number of piperazine rings is 1. The third-order valence-electron chi connectivity index (χ3n) is 6.53. The number of benzene rings is 2. The molecule has 0 unspecified atom stereocenters. The second-order valence-electron chi connectivity index (χ2n) is 9.03. The maximum atomic E-state index is 15.3. The highest BCUT2D eigenvalue weighted by molar-refractivity contribution is 5.99. The van der Waals surface area contributed by atoms with Crippen LogP contribution in [0.25, 0.3) is 16.7 Å². The lowest BCUT2D eigenvalue weighted by molar-refractivity contribution is -0.111. The van der Waals surface area contributed by atoms with Crippen LogP contribution in [0.2, 0.25) is 0 Å². The van der Waals surface area contributed by atoms with Crippen molar-refractivity contribution in [2.75, 3.05) is 54.9 Å². The van der Waals surface area contributed by atoms with Crippen molar-refractivity contribution in [3.63, 3.8) is 0 Å². The largest absolute Gasteiger partial charge is 0.395 e. The van der Waals surface area contributed by atoms with E-state index in [9.17, 15) is 9.59 Å². The average Bonchev–Trinajstić information content (AvgIpc) is 2.95. The van der Waals surface area contributed by atoms with Gasteiger partial charge < -0.3 is 20.6 Å².